The number of hydrogen-bond acceptors (Lipinski definition) is 5. The Morgan fingerprint density at radius 1 is 1.03 bits per heavy atom. The number of amides is 1. The summed E-state index contributed by atoms with van der Waals surface area (Å²) in [6, 6.07) is 24.7. The van der Waals surface area contributed by atoms with E-state index in [4.69, 9.17) is 16.3 Å². The summed E-state index contributed by atoms with van der Waals surface area (Å²) in [7, 11) is 1.54. The summed E-state index contributed by atoms with van der Waals surface area (Å²) >= 11 is 7.35. The molecule has 0 bridgehead atoms. The van der Waals surface area contributed by atoms with Gasteiger partial charge >= 0.3 is 0 Å². The van der Waals surface area contributed by atoms with Crippen molar-refractivity contribution in [1.82, 2.24) is 14.8 Å². The quantitative estimate of drug-likeness (QED) is 0.385. The van der Waals surface area contributed by atoms with E-state index in [2.05, 4.69) is 15.5 Å². The van der Waals surface area contributed by atoms with Crippen LogP contribution in [0.15, 0.2) is 84.0 Å². The molecule has 1 amide bonds. The fourth-order valence-corrected chi connectivity index (χ4v) is 3.97. The SMILES string of the molecule is COc1ccc(Cl)cc1NC(=O)CSc1nnc(-c2ccccc2)n1-c1ccccc1. The molecule has 0 radical (unpaired) electrons. The van der Waals surface area contributed by atoms with E-state index in [1.807, 2.05) is 65.2 Å². The number of methoxy groups -OCH3 is 1. The maximum atomic E-state index is 12.6. The zero-order chi connectivity index (χ0) is 21.6. The van der Waals surface area contributed by atoms with Crippen LogP contribution in [0.25, 0.3) is 17.1 Å². The molecule has 31 heavy (non-hydrogen) atoms. The number of aromatic nitrogens is 3. The molecule has 0 saturated heterocycles. The minimum atomic E-state index is -0.200. The van der Waals surface area contributed by atoms with Gasteiger partial charge in [-0.25, -0.2) is 0 Å². The van der Waals surface area contributed by atoms with Gasteiger partial charge in [0, 0.05) is 16.3 Å². The van der Waals surface area contributed by atoms with Crippen LogP contribution in [0.4, 0.5) is 5.69 Å². The monoisotopic (exact) mass is 450 g/mol. The van der Waals surface area contributed by atoms with Crippen molar-refractivity contribution >= 4 is 35.0 Å². The van der Waals surface area contributed by atoms with E-state index in [9.17, 15) is 4.79 Å². The van der Waals surface area contributed by atoms with Gasteiger partial charge in [0.05, 0.1) is 18.6 Å². The van der Waals surface area contributed by atoms with Gasteiger partial charge in [-0.2, -0.15) is 0 Å². The molecule has 4 rings (SSSR count). The number of carbonyl (C=O) groups is 1. The smallest absolute Gasteiger partial charge is 0.234 e. The van der Waals surface area contributed by atoms with Gasteiger partial charge in [0.2, 0.25) is 5.91 Å². The van der Waals surface area contributed by atoms with Gasteiger partial charge in [-0.05, 0) is 30.3 Å². The molecule has 0 fully saturated rings. The van der Waals surface area contributed by atoms with Crippen LogP contribution in [-0.2, 0) is 4.79 Å². The predicted octanol–water partition coefficient (Wildman–Crippen LogP) is 5.33. The van der Waals surface area contributed by atoms with Gasteiger partial charge in [0.1, 0.15) is 5.75 Å². The van der Waals surface area contributed by atoms with Crippen molar-refractivity contribution in [2.75, 3.05) is 18.2 Å². The minimum absolute atomic E-state index is 0.148. The maximum absolute atomic E-state index is 12.6. The van der Waals surface area contributed by atoms with Crippen molar-refractivity contribution in [3.63, 3.8) is 0 Å². The van der Waals surface area contributed by atoms with Crippen molar-refractivity contribution in [2.45, 2.75) is 5.16 Å². The maximum Gasteiger partial charge on any atom is 0.234 e. The van der Waals surface area contributed by atoms with Gasteiger partial charge in [-0.1, -0.05) is 71.9 Å². The van der Waals surface area contributed by atoms with Crippen LogP contribution < -0.4 is 10.1 Å². The second-order valence-corrected chi connectivity index (χ2v) is 7.90. The molecule has 1 N–H and O–H groups in total. The molecule has 0 aliphatic carbocycles. The van der Waals surface area contributed by atoms with Crippen LogP contribution in [-0.4, -0.2) is 33.5 Å². The van der Waals surface area contributed by atoms with Gasteiger partial charge in [-0.3, -0.25) is 9.36 Å². The normalized spacial score (nSPS) is 10.6. The Bertz CT molecular complexity index is 1180. The number of nitrogens with one attached hydrogen (secondary N) is 1. The first-order valence-electron chi connectivity index (χ1n) is 9.48. The zero-order valence-corrected chi connectivity index (χ0v) is 18.2. The third kappa shape index (κ3) is 4.90. The topological polar surface area (TPSA) is 69.0 Å². The molecular weight excluding hydrogens is 432 g/mol. The van der Waals surface area contributed by atoms with E-state index in [-0.39, 0.29) is 11.7 Å². The highest BCUT2D eigenvalue weighted by molar-refractivity contribution is 7.99. The molecule has 0 saturated carbocycles. The number of carbonyl (C=O) groups excluding carboxylic acids is 1. The Morgan fingerprint density at radius 2 is 1.74 bits per heavy atom. The van der Waals surface area contributed by atoms with Crippen LogP contribution in [0, 0.1) is 0 Å². The molecule has 0 aliphatic heterocycles. The van der Waals surface area contributed by atoms with Gasteiger partial charge in [0.15, 0.2) is 11.0 Å². The summed E-state index contributed by atoms with van der Waals surface area (Å²) in [6.07, 6.45) is 0. The number of rotatable bonds is 7. The van der Waals surface area contributed by atoms with Crippen LogP contribution in [0.2, 0.25) is 5.02 Å². The third-order valence-corrected chi connectivity index (χ3v) is 5.61. The van der Waals surface area contributed by atoms with E-state index in [0.29, 0.717) is 27.4 Å². The Morgan fingerprint density at radius 3 is 2.45 bits per heavy atom. The Hall–Kier alpha value is -3.29. The van der Waals surface area contributed by atoms with E-state index >= 15 is 0 Å². The van der Waals surface area contributed by atoms with Crippen molar-refractivity contribution < 1.29 is 9.53 Å². The Kier molecular flexibility index (Phi) is 6.54. The number of benzene rings is 3. The lowest BCUT2D eigenvalue weighted by atomic mass is 10.2. The summed E-state index contributed by atoms with van der Waals surface area (Å²) in [5, 5.41) is 12.7. The molecule has 0 atom stereocenters. The number of para-hydroxylation sites is 1. The molecule has 4 aromatic rings. The summed E-state index contributed by atoms with van der Waals surface area (Å²) in [5.74, 6) is 1.21. The van der Waals surface area contributed by atoms with E-state index < -0.39 is 0 Å². The third-order valence-electron chi connectivity index (χ3n) is 4.45. The average Bonchev–Trinajstić information content (AvgIpc) is 3.23. The van der Waals surface area contributed by atoms with Gasteiger partial charge < -0.3 is 10.1 Å². The fraction of sp³-hybridized carbons (Fsp3) is 0.0870. The Balaban J connectivity index is 1.57. The molecule has 0 unspecified atom stereocenters. The first-order valence-corrected chi connectivity index (χ1v) is 10.8. The molecule has 8 heteroatoms. The average molecular weight is 451 g/mol. The highest BCUT2D eigenvalue weighted by atomic mass is 35.5. The van der Waals surface area contributed by atoms with Crippen molar-refractivity contribution in [3.8, 4) is 22.8 Å². The highest BCUT2D eigenvalue weighted by Gasteiger charge is 2.17. The van der Waals surface area contributed by atoms with Crippen LogP contribution in [0.1, 0.15) is 0 Å². The predicted molar refractivity (Wildman–Crippen MR) is 124 cm³/mol. The molecular formula is C23H19ClN4O2S. The molecule has 1 heterocycles. The number of nitrogens with zero attached hydrogens (tertiary/aromatic N) is 3. The molecule has 156 valence electrons. The summed E-state index contributed by atoms with van der Waals surface area (Å²) in [6.45, 7) is 0. The Labute approximate surface area is 189 Å². The van der Waals surface area contributed by atoms with E-state index in [1.165, 1.54) is 11.8 Å². The molecule has 1 aromatic heterocycles. The van der Waals surface area contributed by atoms with Crippen LogP contribution >= 0.6 is 23.4 Å². The summed E-state index contributed by atoms with van der Waals surface area (Å²) < 4.78 is 7.24. The first-order chi connectivity index (χ1) is 15.2. The summed E-state index contributed by atoms with van der Waals surface area (Å²) in [5.41, 5.74) is 2.39. The number of halogens is 1. The molecule has 3 aromatic carbocycles. The number of ether oxygens (including phenoxy) is 1. The largest absolute Gasteiger partial charge is 0.495 e. The summed E-state index contributed by atoms with van der Waals surface area (Å²) in [4.78, 5) is 12.6. The van der Waals surface area contributed by atoms with Gasteiger partial charge in [-0.15, -0.1) is 10.2 Å². The van der Waals surface area contributed by atoms with Crippen molar-refractivity contribution in [3.05, 3.63) is 83.9 Å². The lowest BCUT2D eigenvalue weighted by molar-refractivity contribution is -0.113. The zero-order valence-electron chi connectivity index (χ0n) is 16.7. The lowest BCUT2D eigenvalue weighted by Crippen LogP contribution is -2.15. The van der Waals surface area contributed by atoms with E-state index in [0.717, 1.165) is 11.3 Å². The highest BCUT2D eigenvalue weighted by Crippen LogP contribution is 2.30. The van der Waals surface area contributed by atoms with Gasteiger partial charge in [0.25, 0.3) is 0 Å². The van der Waals surface area contributed by atoms with E-state index in [1.54, 1.807) is 25.3 Å². The van der Waals surface area contributed by atoms with Crippen LogP contribution in [0.5, 0.6) is 5.75 Å². The minimum Gasteiger partial charge on any atom is -0.495 e. The van der Waals surface area contributed by atoms with Crippen LogP contribution in [0.3, 0.4) is 0 Å². The lowest BCUT2D eigenvalue weighted by Gasteiger charge is -2.12. The standard InChI is InChI=1S/C23H19ClN4O2S/c1-30-20-13-12-17(24)14-19(20)25-21(29)15-31-23-27-26-22(16-8-4-2-5-9-16)28(23)18-10-6-3-7-11-18/h2-14H,15H2,1H3,(H,25,29). The fourth-order valence-electron chi connectivity index (χ4n) is 3.04. The molecule has 6 nitrogen and oxygen atoms in total. The molecule has 0 aliphatic rings. The second-order valence-electron chi connectivity index (χ2n) is 6.52. The second kappa shape index (κ2) is 9.68. The van der Waals surface area contributed by atoms with Crippen molar-refractivity contribution in [1.29, 1.82) is 0 Å². The number of anilines is 1. The first kappa shape index (κ1) is 21.0. The van der Waals surface area contributed by atoms with Crippen molar-refractivity contribution in [2.24, 2.45) is 0 Å². The molecule has 0 spiro atoms. The number of hydrogen-bond donors (Lipinski definition) is 1. The number of thioether (sulfide) groups is 1.